The summed E-state index contributed by atoms with van der Waals surface area (Å²) in [7, 11) is 1.61. The molecule has 0 saturated carbocycles. The van der Waals surface area contributed by atoms with E-state index in [9.17, 15) is 14.7 Å². The van der Waals surface area contributed by atoms with Crippen molar-refractivity contribution in [3.8, 4) is 0 Å². The molecule has 19 heavy (non-hydrogen) atoms. The summed E-state index contributed by atoms with van der Waals surface area (Å²) in [5.74, 6) is -0.214. The van der Waals surface area contributed by atoms with Gasteiger partial charge < -0.3 is 15.0 Å². The lowest BCUT2D eigenvalue weighted by molar-refractivity contribution is 0.0901. The van der Waals surface area contributed by atoms with Crippen molar-refractivity contribution in [2.75, 3.05) is 6.54 Å². The molecular formula is C14H22N2O3. The highest BCUT2D eigenvalue weighted by Crippen LogP contribution is 2.21. The highest BCUT2D eigenvalue weighted by molar-refractivity contribution is 5.93. The third-order valence-corrected chi connectivity index (χ3v) is 2.92. The fourth-order valence-corrected chi connectivity index (χ4v) is 2.02. The lowest BCUT2D eigenvalue weighted by Crippen LogP contribution is -2.36. The number of rotatable bonds is 5. The van der Waals surface area contributed by atoms with E-state index in [1.165, 1.54) is 22.9 Å². The molecule has 0 fully saturated rings. The number of aromatic nitrogens is 1. The van der Waals surface area contributed by atoms with Crippen LogP contribution in [0.3, 0.4) is 0 Å². The number of carbonyl (C=O) groups is 1. The number of carbonyl (C=O) groups excluding carboxylic acids is 1. The molecule has 0 saturated heterocycles. The average molecular weight is 266 g/mol. The predicted molar refractivity (Wildman–Crippen MR) is 74.1 cm³/mol. The van der Waals surface area contributed by atoms with Gasteiger partial charge >= 0.3 is 0 Å². The first kappa shape index (κ1) is 15.4. The second-order valence-electron chi connectivity index (χ2n) is 5.77. The van der Waals surface area contributed by atoms with E-state index in [0.717, 1.165) is 0 Å². The van der Waals surface area contributed by atoms with Gasteiger partial charge in [0.2, 0.25) is 5.56 Å². The van der Waals surface area contributed by atoms with E-state index in [0.29, 0.717) is 18.5 Å². The van der Waals surface area contributed by atoms with Gasteiger partial charge in [-0.05, 0) is 24.8 Å². The van der Waals surface area contributed by atoms with Crippen molar-refractivity contribution in [1.82, 2.24) is 9.88 Å². The Bertz CT molecular complexity index is 504. The van der Waals surface area contributed by atoms with E-state index in [-0.39, 0.29) is 16.9 Å². The molecule has 0 bridgehead atoms. The highest BCUT2D eigenvalue weighted by atomic mass is 16.3. The number of hydrogen-bond donors (Lipinski definition) is 2. The zero-order chi connectivity index (χ0) is 14.6. The third kappa shape index (κ3) is 4.87. The first-order valence-electron chi connectivity index (χ1n) is 6.34. The number of nitrogens with one attached hydrogen (secondary N) is 1. The zero-order valence-corrected chi connectivity index (χ0v) is 11.9. The maximum absolute atomic E-state index is 12.0. The van der Waals surface area contributed by atoms with Crippen LogP contribution in [0.2, 0.25) is 0 Å². The van der Waals surface area contributed by atoms with Crippen LogP contribution in [0.5, 0.6) is 0 Å². The van der Waals surface area contributed by atoms with Crippen LogP contribution >= 0.6 is 0 Å². The van der Waals surface area contributed by atoms with Gasteiger partial charge in [0.15, 0.2) is 0 Å². The molecule has 106 valence electrons. The van der Waals surface area contributed by atoms with Crippen LogP contribution in [0.25, 0.3) is 0 Å². The van der Waals surface area contributed by atoms with Gasteiger partial charge in [0.1, 0.15) is 0 Å². The molecule has 2 N–H and O–H groups in total. The standard InChI is InChI=1S/C14H22N2O3/c1-10(17)7-14(2,3)9-15-13(19)11-5-6-12(18)16(4)8-11/h5-6,8,10,17H,7,9H2,1-4H3,(H,15,19). The van der Waals surface area contributed by atoms with Gasteiger partial charge in [0.25, 0.3) is 5.91 Å². The molecule has 1 rings (SSSR count). The van der Waals surface area contributed by atoms with Gasteiger partial charge in [-0.25, -0.2) is 0 Å². The minimum absolute atomic E-state index is 0.147. The molecule has 0 radical (unpaired) electrons. The Kier molecular flexibility index (Phi) is 4.89. The average Bonchev–Trinajstić information content (AvgIpc) is 2.28. The molecule has 1 aromatic heterocycles. The van der Waals surface area contributed by atoms with Crippen molar-refractivity contribution in [2.24, 2.45) is 12.5 Å². The van der Waals surface area contributed by atoms with Crippen molar-refractivity contribution in [3.63, 3.8) is 0 Å². The fourth-order valence-electron chi connectivity index (χ4n) is 2.02. The van der Waals surface area contributed by atoms with Gasteiger partial charge in [-0.15, -0.1) is 0 Å². The summed E-state index contributed by atoms with van der Waals surface area (Å²) < 4.78 is 1.37. The minimum Gasteiger partial charge on any atom is -0.393 e. The number of aliphatic hydroxyl groups is 1. The summed E-state index contributed by atoms with van der Waals surface area (Å²) in [6.45, 7) is 6.18. The summed E-state index contributed by atoms with van der Waals surface area (Å²) in [5.41, 5.74) is 0.130. The summed E-state index contributed by atoms with van der Waals surface area (Å²) in [6.07, 6.45) is 1.73. The number of pyridine rings is 1. The zero-order valence-electron chi connectivity index (χ0n) is 11.9. The van der Waals surface area contributed by atoms with Gasteiger partial charge in [0.05, 0.1) is 11.7 Å². The molecule has 0 aliphatic carbocycles. The normalized spacial score (nSPS) is 13.1. The third-order valence-electron chi connectivity index (χ3n) is 2.92. The number of aryl methyl sites for hydroxylation is 1. The first-order chi connectivity index (χ1) is 8.71. The molecule has 1 unspecified atom stereocenters. The molecule has 0 aliphatic rings. The SMILES string of the molecule is CC(O)CC(C)(C)CNC(=O)c1ccc(=O)n(C)c1. The molecule has 5 heteroatoms. The molecule has 0 aromatic carbocycles. The van der Waals surface area contributed by atoms with E-state index in [2.05, 4.69) is 5.32 Å². The van der Waals surface area contributed by atoms with E-state index < -0.39 is 6.10 Å². The molecule has 1 aromatic rings. The first-order valence-corrected chi connectivity index (χ1v) is 6.34. The Morgan fingerprint density at radius 3 is 2.63 bits per heavy atom. The van der Waals surface area contributed by atoms with Crippen LogP contribution in [0, 0.1) is 5.41 Å². The Hall–Kier alpha value is -1.62. The molecule has 1 atom stereocenters. The van der Waals surface area contributed by atoms with Crippen LogP contribution in [-0.2, 0) is 7.05 Å². The van der Waals surface area contributed by atoms with Crippen LogP contribution in [0.15, 0.2) is 23.1 Å². The van der Waals surface area contributed by atoms with Crippen molar-refractivity contribution < 1.29 is 9.90 Å². The Morgan fingerprint density at radius 1 is 1.47 bits per heavy atom. The topological polar surface area (TPSA) is 71.3 Å². The van der Waals surface area contributed by atoms with E-state index >= 15 is 0 Å². The second kappa shape index (κ2) is 6.02. The number of hydrogen-bond acceptors (Lipinski definition) is 3. The van der Waals surface area contributed by atoms with E-state index in [4.69, 9.17) is 0 Å². The molecule has 0 aliphatic heterocycles. The summed E-state index contributed by atoms with van der Waals surface area (Å²) in [5, 5.41) is 12.2. The largest absolute Gasteiger partial charge is 0.393 e. The minimum atomic E-state index is -0.399. The molecule has 5 nitrogen and oxygen atoms in total. The monoisotopic (exact) mass is 266 g/mol. The van der Waals surface area contributed by atoms with Gasteiger partial charge in [-0.2, -0.15) is 0 Å². The predicted octanol–water partition coefficient (Wildman–Crippen LogP) is 0.912. The fraction of sp³-hybridized carbons (Fsp3) is 0.571. The maximum Gasteiger partial charge on any atom is 0.252 e. The number of amides is 1. The molecule has 0 spiro atoms. The summed E-state index contributed by atoms with van der Waals surface area (Å²) >= 11 is 0. The lowest BCUT2D eigenvalue weighted by Gasteiger charge is -2.26. The van der Waals surface area contributed by atoms with E-state index in [1.54, 1.807) is 14.0 Å². The van der Waals surface area contributed by atoms with Gasteiger partial charge in [-0.1, -0.05) is 13.8 Å². The lowest BCUT2D eigenvalue weighted by atomic mass is 9.87. The molecule has 1 amide bonds. The summed E-state index contributed by atoms with van der Waals surface area (Å²) in [4.78, 5) is 23.2. The quantitative estimate of drug-likeness (QED) is 0.832. The highest BCUT2D eigenvalue weighted by Gasteiger charge is 2.21. The second-order valence-corrected chi connectivity index (χ2v) is 5.77. The summed E-state index contributed by atoms with van der Waals surface area (Å²) in [6, 6.07) is 2.88. The van der Waals surface area contributed by atoms with Crippen molar-refractivity contribution in [2.45, 2.75) is 33.3 Å². The van der Waals surface area contributed by atoms with Crippen LogP contribution in [-0.4, -0.2) is 28.2 Å². The number of aliphatic hydroxyl groups excluding tert-OH is 1. The van der Waals surface area contributed by atoms with Crippen LogP contribution in [0.1, 0.15) is 37.6 Å². The van der Waals surface area contributed by atoms with Gasteiger partial charge in [0, 0.05) is 25.9 Å². The van der Waals surface area contributed by atoms with Crippen molar-refractivity contribution in [3.05, 3.63) is 34.2 Å². The van der Waals surface area contributed by atoms with Crippen LogP contribution < -0.4 is 10.9 Å². The van der Waals surface area contributed by atoms with Gasteiger partial charge in [-0.3, -0.25) is 9.59 Å². The Morgan fingerprint density at radius 2 is 2.11 bits per heavy atom. The van der Waals surface area contributed by atoms with E-state index in [1.807, 2.05) is 13.8 Å². The Balaban J connectivity index is 2.65. The molecule has 1 heterocycles. The van der Waals surface area contributed by atoms with Crippen molar-refractivity contribution in [1.29, 1.82) is 0 Å². The molecular weight excluding hydrogens is 244 g/mol. The van der Waals surface area contributed by atoms with Crippen molar-refractivity contribution >= 4 is 5.91 Å². The number of nitrogens with zero attached hydrogens (tertiary/aromatic N) is 1. The van der Waals surface area contributed by atoms with Crippen LogP contribution in [0.4, 0.5) is 0 Å². The Labute approximate surface area is 113 Å². The smallest absolute Gasteiger partial charge is 0.252 e. The maximum atomic E-state index is 12.0.